The van der Waals surface area contributed by atoms with Crippen molar-refractivity contribution in [1.29, 1.82) is 0 Å². The zero-order chi connectivity index (χ0) is 15.6. The van der Waals surface area contributed by atoms with E-state index < -0.39 is 0 Å². The minimum Gasteiger partial charge on any atom is -0.497 e. The summed E-state index contributed by atoms with van der Waals surface area (Å²) in [7, 11) is 5.04. The highest BCUT2D eigenvalue weighted by Gasteiger charge is 2.16. The van der Waals surface area contributed by atoms with Crippen LogP contribution in [0.4, 0.5) is 11.5 Å². The number of nitrogens with one attached hydrogen (secondary N) is 1. The summed E-state index contributed by atoms with van der Waals surface area (Å²) in [5, 5.41) is 7.60. The number of hydrogen-bond donors (Lipinski definition) is 2. The third-order valence-electron chi connectivity index (χ3n) is 3.08. The van der Waals surface area contributed by atoms with Crippen molar-refractivity contribution in [3.05, 3.63) is 29.5 Å². The van der Waals surface area contributed by atoms with E-state index in [1.165, 1.54) is 0 Å². The summed E-state index contributed by atoms with van der Waals surface area (Å²) < 4.78 is 12.2. The molecule has 0 fully saturated rings. The first-order chi connectivity index (χ1) is 9.96. The van der Waals surface area contributed by atoms with Gasteiger partial charge in [-0.05, 0) is 6.92 Å². The van der Waals surface area contributed by atoms with Crippen LogP contribution in [-0.4, -0.2) is 29.0 Å². The molecule has 3 N–H and O–H groups in total. The number of ether oxygens (including phenoxy) is 2. The number of thiocarbonyl (C=S) groups is 1. The molecule has 0 amide bonds. The second-order valence-corrected chi connectivity index (χ2v) is 4.96. The molecule has 0 radical (unpaired) electrons. The molecule has 0 saturated carbocycles. The number of aryl methyl sites for hydroxylation is 2. The van der Waals surface area contributed by atoms with Gasteiger partial charge in [0.25, 0.3) is 0 Å². The normalized spacial score (nSPS) is 10.3. The maximum Gasteiger partial charge on any atom is 0.138 e. The van der Waals surface area contributed by atoms with E-state index in [9.17, 15) is 0 Å². The number of aromatic nitrogens is 2. The standard InChI is InChI=1S/C14H18N4O2S/c1-8-12(13(15)21)14(18(2)17-8)16-9-5-10(19-3)7-11(6-9)20-4/h5-7,16H,1-4H3,(H2,15,21). The lowest BCUT2D eigenvalue weighted by molar-refractivity contribution is 0.395. The van der Waals surface area contributed by atoms with Crippen molar-refractivity contribution in [2.45, 2.75) is 6.92 Å². The predicted molar refractivity (Wildman–Crippen MR) is 86.7 cm³/mol. The fourth-order valence-corrected chi connectivity index (χ4v) is 2.36. The van der Waals surface area contributed by atoms with Crippen LogP contribution in [0.5, 0.6) is 11.5 Å². The van der Waals surface area contributed by atoms with E-state index in [4.69, 9.17) is 27.4 Å². The molecule has 2 rings (SSSR count). The van der Waals surface area contributed by atoms with Crippen LogP contribution >= 0.6 is 12.2 Å². The minimum absolute atomic E-state index is 0.304. The highest BCUT2D eigenvalue weighted by molar-refractivity contribution is 7.80. The summed E-state index contributed by atoms with van der Waals surface area (Å²) in [4.78, 5) is 0.304. The summed E-state index contributed by atoms with van der Waals surface area (Å²) in [5.41, 5.74) is 8.09. The highest BCUT2D eigenvalue weighted by atomic mass is 32.1. The van der Waals surface area contributed by atoms with Crippen molar-refractivity contribution in [3.63, 3.8) is 0 Å². The van der Waals surface area contributed by atoms with Gasteiger partial charge in [0.1, 0.15) is 22.3 Å². The zero-order valence-electron chi connectivity index (χ0n) is 12.4. The fourth-order valence-electron chi connectivity index (χ4n) is 2.11. The maximum absolute atomic E-state index is 5.78. The van der Waals surface area contributed by atoms with E-state index in [-0.39, 0.29) is 0 Å². The third kappa shape index (κ3) is 3.08. The Morgan fingerprint density at radius 3 is 2.29 bits per heavy atom. The molecular weight excluding hydrogens is 288 g/mol. The molecule has 0 spiro atoms. The molecule has 21 heavy (non-hydrogen) atoms. The number of methoxy groups -OCH3 is 2. The first-order valence-electron chi connectivity index (χ1n) is 6.29. The minimum atomic E-state index is 0.304. The van der Waals surface area contributed by atoms with Gasteiger partial charge in [0, 0.05) is 30.9 Å². The van der Waals surface area contributed by atoms with E-state index in [2.05, 4.69) is 10.4 Å². The van der Waals surface area contributed by atoms with Crippen molar-refractivity contribution < 1.29 is 9.47 Å². The lowest BCUT2D eigenvalue weighted by Crippen LogP contribution is -2.13. The first-order valence-corrected chi connectivity index (χ1v) is 6.70. The number of rotatable bonds is 5. The second kappa shape index (κ2) is 6.01. The molecule has 0 aliphatic carbocycles. The van der Waals surface area contributed by atoms with Crippen LogP contribution in [0.15, 0.2) is 18.2 Å². The summed E-state index contributed by atoms with van der Waals surface area (Å²) in [6, 6.07) is 5.51. The van der Waals surface area contributed by atoms with Crippen LogP contribution in [-0.2, 0) is 7.05 Å². The number of anilines is 2. The Morgan fingerprint density at radius 1 is 1.24 bits per heavy atom. The van der Waals surface area contributed by atoms with Crippen LogP contribution < -0.4 is 20.5 Å². The largest absolute Gasteiger partial charge is 0.497 e. The van der Waals surface area contributed by atoms with Gasteiger partial charge in [-0.15, -0.1) is 0 Å². The van der Waals surface area contributed by atoms with Crippen LogP contribution in [0.25, 0.3) is 0 Å². The van der Waals surface area contributed by atoms with Crippen LogP contribution in [0.2, 0.25) is 0 Å². The van der Waals surface area contributed by atoms with E-state index in [1.54, 1.807) is 25.0 Å². The quantitative estimate of drug-likeness (QED) is 0.824. The molecule has 1 heterocycles. The molecule has 0 aliphatic heterocycles. The smallest absolute Gasteiger partial charge is 0.138 e. The summed E-state index contributed by atoms with van der Waals surface area (Å²) in [6.07, 6.45) is 0. The maximum atomic E-state index is 5.78. The number of nitrogens with zero attached hydrogens (tertiary/aromatic N) is 2. The predicted octanol–water partition coefficient (Wildman–Crippen LogP) is 2.12. The fraction of sp³-hybridized carbons (Fsp3) is 0.286. The van der Waals surface area contributed by atoms with Gasteiger partial charge in [0.15, 0.2) is 0 Å². The van der Waals surface area contributed by atoms with Crippen molar-refractivity contribution in [1.82, 2.24) is 9.78 Å². The third-order valence-corrected chi connectivity index (χ3v) is 3.29. The molecule has 6 nitrogen and oxygen atoms in total. The topological polar surface area (TPSA) is 74.3 Å². The summed E-state index contributed by atoms with van der Waals surface area (Å²) in [5.74, 6) is 2.11. The Balaban J connectivity index is 2.45. The second-order valence-electron chi connectivity index (χ2n) is 4.52. The van der Waals surface area contributed by atoms with Crippen molar-refractivity contribution in [2.75, 3.05) is 19.5 Å². The van der Waals surface area contributed by atoms with Gasteiger partial charge in [-0.1, -0.05) is 12.2 Å². The van der Waals surface area contributed by atoms with Gasteiger partial charge in [-0.2, -0.15) is 5.10 Å². The molecule has 0 bridgehead atoms. The average molecular weight is 306 g/mol. The van der Waals surface area contributed by atoms with E-state index in [0.29, 0.717) is 16.5 Å². The van der Waals surface area contributed by atoms with E-state index >= 15 is 0 Å². The molecule has 2 aromatic rings. The number of nitrogens with two attached hydrogens (primary N) is 1. The van der Waals surface area contributed by atoms with E-state index in [1.807, 2.05) is 26.1 Å². The molecule has 0 saturated heterocycles. The Hall–Kier alpha value is -2.28. The SMILES string of the molecule is COc1cc(Nc2c(C(N)=S)c(C)nn2C)cc(OC)c1. The molecule has 0 atom stereocenters. The monoisotopic (exact) mass is 306 g/mol. The van der Waals surface area contributed by atoms with E-state index in [0.717, 1.165) is 22.8 Å². The molecule has 1 aromatic heterocycles. The molecule has 1 aromatic carbocycles. The van der Waals surface area contributed by atoms with Gasteiger partial charge in [0.05, 0.1) is 25.5 Å². The van der Waals surface area contributed by atoms with Gasteiger partial charge < -0.3 is 20.5 Å². The Bertz CT molecular complexity index is 660. The van der Waals surface area contributed by atoms with Crippen molar-refractivity contribution in [2.24, 2.45) is 12.8 Å². The Morgan fingerprint density at radius 2 is 1.81 bits per heavy atom. The molecular formula is C14H18N4O2S. The number of benzene rings is 1. The van der Waals surface area contributed by atoms with Crippen molar-refractivity contribution in [3.8, 4) is 11.5 Å². The Labute approximate surface area is 128 Å². The lowest BCUT2D eigenvalue weighted by atomic mass is 10.2. The molecule has 0 unspecified atom stereocenters. The highest BCUT2D eigenvalue weighted by Crippen LogP contribution is 2.29. The molecule has 112 valence electrons. The van der Waals surface area contributed by atoms with Gasteiger partial charge in [0.2, 0.25) is 0 Å². The lowest BCUT2D eigenvalue weighted by Gasteiger charge is -2.12. The van der Waals surface area contributed by atoms with Gasteiger partial charge >= 0.3 is 0 Å². The Kier molecular flexibility index (Phi) is 4.32. The van der Waals surface area contributed by atoms with Crippen LogP contribution in [0.3, 0.4) is 0 Å². The van der Waals surface area contributed by atoms with Crippen LogP contribution in [0.1, 0.15) is 11.3 Å². The summed E-state index contributed by atoms with van der Waals surface area (Å²) in [6.45, 7) is 1.87. The molecule has 7 heteroatoms. The van der Waals surface area contributed by atoms with Gasteiger partial charge in [-0.25, -0.2) is 0 Å². The van der Waals surface area contributed by atoms with Crippen LogP contribution in [0, 0.1) is 6.92 Å². The summed E-state index contributed by atoms with van der Waals surface area (Å²) >= 11 is 5.10. The van der Waals surface area contributed by atoms with Crippen molar-refractivity contribution >= 4 is 28.7 Å². The average Bonchev–Trinajstić information content (AvgIpc) is 2.72. The molecule has 0 aliphatic rings. The number of hydrogen-bond acceptors (Lipinski definition) is 5. The van der Waals surface area contributed by atoms with Gasteiger partial charge in [-0.3, -0.25) is 4.68 Å². The zero-order valence-corrected chi connectivity index (χ0v) is 13.2. The first kappa shape index (κ1) is 15.1.